The van der Waals surface area contributed by atoms with Crippen molar-refractivity contribution in [2.45, 2.75) is 58.6 Å². The molecule has 0 radical (unpaired) electrons. The van der Waals surface area contributed by atoms with Crippen LogP contribution in [-0.4, -0.2) is 34.5 Å². The smallest absolute Gasteiger partial charge is 0.301 e. The number of benzene rings is 3. The molecule has 0 unspecified atom stereocenters. The van der Waals surface area contributed by atoms with E-state index in [1.165, 1.54) is 16.2 Å². The van der Waals surface area contributed by atoms with Gasteiger partial charge in [0.2, 0.25) is 0 Å². The Labute approximate surface area is 243 Å². The Morgan fingerprint density at radius 1 is 1.10 bits per heavy atom. The average Bonchev–Trinajstić information content (AvgIpc) is 3.63. The number of ketones is 1. The van der Waals surface area contributed by atoms with Crippen LogP contribution in [0.1, 0.15) is 61.4 Å². The third-order valence-corrected chi connectivity index (χ3v) is 8.58. The Balaban J connectivity index is 1.44. The van der Waals surface area contributed by atoms with Gasteiger partial charge in [0, 0.05) is 12.0 Å². The van der Waals surface area contributed by atoms with Crippen molar-refractivity contribution in [3.05, 3.63) is 88.5 Å². The van der Waals surface area contributed by atoms with E-state index in [1.54, 1.807) is 12.1 Å². The fourth-order valence-electron chi connectivity index (χ4n) is 5.48. The molecule has 0 bridgehead atoms. The molecule has 1 aromatic heterocycles. The van der Waals surface area contributed by atoms with Crippen molar-refractivity contribution in [1.82, 2.24) is 4.98 Å². The van der Waals surface area contributed by atoms with Gasteiger partial charge < -0.3 is 14.6 Å². The number of amides is 1. The number of aromatic nitrogens is 1. The summed E-state index contributed by atoms with van der Waals surface area (Å²) in [7, 11) is 0. The molecule has 2 aliphatic heterocycles. The van der Waals surface area contributed by atoms with E-state index < -0.39 is 17.7 Å². The van der Waals surface area contributed by atoms with Crippen LogP contribution in [0.5, 0.6) is 11.5 Å². The molecule has 3 heterocycles. The number of ether oxygens (including phenoxy) is 2. The standard InChI is InChI=1S/C33H32N2O5S/c1-4-5-6-15-39-24-11-8-21(9-12-24)29-28(30(36)22-10-14-26-23(18-22)17-20(3)40-26)31(37)32(38)35(29)33-34-25-13-7-19(2)16-27(25)41-33/h7-14,16,18,20,29,36H,4-6,15,17H2,1-3H3/t20-,29-/m0/s1. The maximum Gasteiger partial charge on any atom is 0.301 e. The van der Waals surface area contributed by atoms with Gasteiger partial charge in [0.05, 0.1) is 28.4 Å². The zero-order chi connectivity index (χ0) is 28.7. The van der Waals surface area contributed by atoms with Crippen LogP contribution in [0.25, 0.3) is 16.0 Å². The van der Waals surface area contributed by atoms with E-state index in [0.29, 0.717) is 35.0 Å². The Bertz CT molecular complexity index is 1670. The van der Waals surface area contributed by atoms with Crippen LogP contribution < -0.4 is 14.4 Å². The maximum atomic E-state index is 13.6. The number of thiazole rings is 1. The molecule has 1 amide bonds. The molecular formula is C33H32N2O5S. The number of aliphatic hydroxyl groups excluding tert-OH is 1. The molecular weight excluding hydrogens is 536 g/mol. The molecule has 2 atom stereocenters. The lowest BCUT2D eigenvalue weighted by Crippen LogP contribution is -2.29. The van der Waals surface area contributed by atoms with Gasteiger partial charge in [-0.05, 0) is 79.4 Å². The highest BCUT2D eigenvalue weighted by molar-refractivity contribution is 7.22. The summed E-state index contributed by atoms with van der Waals surface area (Å²) in [5.74, 6) is -0.191. The monoisotopic (exact) mass is 568 g/mol. The van der Waals surface area contributed by atoms with Crippen LogP contribution in [0.3, 0.4) is 0 Å². The number of unbranched alkanes of at least 4 members (excludes halogenated alkanes) is 2. The minimum absolute atomic E-state index is 0.0361. The van der Waals surface area contributed by atoms with Crippen LogP contribution in [0.4, 0.5) is 5.13 Å². The molecule has 41 heavy (non-hydrogen) atoms. The maximum absolute atomic E-state index is 13.6. The third kappa shape index (κ3) is 5.08. The second kappa shape index (κ2) is 11.0. The molecule has 7 nitrogen and oxygen atoms in total. The van der Waals surface area contributed by atoms with E-state index in [-0.39, 0.29) is 17.4 Å². The van der Waals surface area contributed by atoms with Crippen LogP contribution in [0.2, 0.25) is 0 Å². The fraction of sp³-hybridized carbons (Fsp3) is 0.303. The first kappa shape index (κ1) is 27.0. The van der Waals surface area contributed by atoms with Crippen molar-refractivity contribution in [3.8, 4) is 11.5 Å². The summed E-state index contributed by atoms with van der Waals surface area (Å²) in [5.41, 5.74) is 3.98. The first-order valence-electron chi connectivity index (χ1n) is 14.0. The second-order valence-electron chi connectivity index (χ2n) is 10.7. The average molecular weight is 569 g/mol. The summed E-state index contributed by atoms with van der Waals surface area (Å²) in [4.78, 5) is 33.4. The molecule has 0 aliphatic carbocycles. The Kier molecular flexibility index (Phi) is 7.26. The zero-order valence-corrected chi connectivity index (χ0v) is 24.2. The minimum atomic E-state index is -0.853. The number of aliphatic hydroxyl groups is 1. The van der Waals surface area contributed by atoms with Gasteiger partial charge >= 0.3 is 5.91 Å². The molecule has 1 N–H and O–H groups in total. The van der Waals surface area contributed by atoms with Gasteiger partial charge in [-0.15, -0.1) is 0 Å². The fourth-order valence-corrected chi connectivity index (χ4v) is 6.57. The molecule has 1 saturated heterocycles. The molecule has 210 valence electrons. The first-order chi connectivity index (χ1) is 19.8. The predicted molar refractivity (Wildman–Crippen MR) is 161 cm³/mol. The molecule has 6 rings (SSSR count). The van der Waals surface area contributed by atoms with E-state index in [1.807, 2.05) is 62.4 Å². The van der Waals surface area contributed by atoms with Gasteiger partial charge in [0.1, 0.15) is 23.4 Å². The summed E-state index contributed by atoms with van der Waals surface area (Å²) >= 11 is 1.35. The highest BCUT2D eigenvalue weighted by atomic mass is 32.1. The number of hydrogen-bond acceptors (Lipinski definition) is 7. The Hall–Kier alpha value is -4.17. The summed E-state index contributed by atoms with van der Waals surface area (Å²) in [5, 5.41) is 12.0. The molecule has 0 saturated carbocycles. The summed E-state index contributed by atoms with van der Waals surface area (Å²) in [6.07, 6.45) is 3.93. The number of hydrogen-bond donors (Lipinski definition) is 1. The van der Waals surface area contributed by atoms with E-state index in [9.17, 15) is 14.7 Å². The van der Waals surface area contributed by atoms with Gasteiger partial charge in [-0.3, -0.25) is 14.5 Å². The van der Waals surface area contributed by atoms with Crippen molar-refractivity contribution in [3.63, 3.8) is 0 Å². The highest BCUT2D eigenvalue weighted by Gasteiger charge is 2.48. The van der Waals surface area contributed by atoms with Crippen LogP contribution >= 0.6 is 11.3 Å². The Morgan fingerprint density at radius 3 is 2.68 bits per heavy atom. The minimum Gasteiger partial charge on any atom is -0.507 e. The van der Waals surface area contributed by atoms with E-state index >= 15 is 0 Å². The van der Waals surface area contributed by atoms with Crippen molar-refractivity contribution in [2.24, 2.45) is 0 Å². The summed E-state index contributed by atoms with van der Waals surface area (Å²) in [6, 6.07) is 17.8. The van der Waals surface area contributed by atoms with Gasteiger partial charge in [0.25, 0.3) is 5.78 Å². The molecule has 8 heteroatoms. The quantitative estimate of drug-likeness (QED) is 0.105. The number of Topliss-reactive ketones (excluding diaryl/α,β-unsaturated/α-hetero) is 1. The lowest BCUT2D eigenvalue weighted by molar-refractivity contribution is -0.132. The number of carbonyl (C=O) groups is 2. The van der Waals surface area contributed by atoms with Crippen molar-refractivity contribution in [1.29, 1.82) is 0 Å². The van der Waals surface area contributed by atoms with E-state index in [4.69, 9.17) is 14.5 Å². The molecule has 1 fully saturated rings. The number of anilines is 1. The highest BCUT2D eigenvalue weighted by Crippen LogP contribution is 2.45. The van der Waals surface area contributed by atoms with Crippen LogP contribution in [0.15, 0.2) is 66.2 Å². The number of carbonyl (C=O) groups excluding carboxylic acids is 2. The van der Waals surface area contributed by atoms with Gasteiger partial charge in [-0.2, -0.15) is 0 Å². The largest absolute Gasteiger partial charge is 0.507 e. The van der Waals surface area contributed by atoms with Crippen molar-refractivity contribution < 1.29 is 24.2 Å². The van der Waals surface area contributed by atoms with E-state index in [2.05, 4.69) is 6.92 Å². The summed E-state index contributed by atoms with van der Waals surface area (Å²) < 4.78 is 12.6. The lowest BCUT2D eigenvalue weighted by atomic mass is 9.94. The second-order valence-corrected chi connectivity index (χ2v) is 11.7. The number of aryl methyl sites for hydroxylation is 1. The predicted octanol–water partition coefficient (Wildman–Crippen LogP) is 7.12. The number of fused-ring (bicyclic) bond motifs is 2. The number of rotatable bonds is 8. The summed E-state index contributed by atoms with van der Waals surface area (Å²) in [6.45, 7) is 6.76. The molecule has 4 aromatic rings. The van der Waals surface area contributed by atoms with E-state index in [0.717, 1.165) is 46.4 Å². The Morgan fingerprint density at radius 2 is 1.90 bits per heavy atom. The molecule has 0 spiro atoms. The van der Waals surface area contributed by atoms with Crippen molar-refractivity contribution in [2.75, 3.05) is 11.5 Å². The van der Waals surface area contributed by atoms with Crippen molar-refractivity contribution >= 4 is 44.1 Å². The van der Waals surface area contributed by atoms with Crippen LogP contribution in [0, 0.1) is 6.92 Å². The lowest BCUT2D eigenvalue weighted by Gasteiger charge is -2.23. The topological polar surface area (TPSA) is 89.0 Å². The van der Waals surface area contributed by atoms with Crippen LogP contribution in [-0.2, 0) is 16.0 Å². The molecule has 3 aromatic carbocycles. The van der Waals surface area contributed by atoms with Gasteiger partial charge in [0.15, 0.2) is 5.13 Å². The van der Waals surface area contributed by atoms with Gasteiger partial charge in [-0.25, -0.2) is 4.98 Å². The normalized spacial score (nSPS) is 19.5. The SMILES string of the molecule is CCCCCOc1ccc([C@H]2C(=C(O)c3ccc4c(c3)C[C@H](C)O4)C(=O)C(=O)N2c2nc3ccc(C)cc3s2)cc1. The molecule has 2 aliphatic rings. The zero-order valence-electron chi connectivity index (χ0n) is 23.3. The van der Waals surface area contributed by atoms with Gasteiger partial charge in [-0.1, -0.05) is 49.3 Å². The number of nitrogens with zero attached hydrogens (tertiary/aromatic N) is 2. The third-order valence-electron chi connectivity index (χ3n) is 7.57. The first-order valence-corrected chi connectivity index (χ1v) is 14.9.